The Morgan fingerprint density at radius 3 is 2.61 bits per heavy atom. The van der Waals surface area contributed by atoms with Crippen molar-refractivity contribution in [3.05, 3.63) is 91.0 Å². The van der Waals surface area contributed by atoms with Crippen molar-refractivity contribution < 1.29 is 0 Å². The lowest BCUT2D eigenvalue weighted by atomic mass is 10.1. The number of nitrogens with zero attached hydrogens (tertiary/aromatic N) is 5. The summed E-state index contributed by atoms with van der Waals surface area (Å²) < 4.78 is 0. The van der Waals surface area contributed by atoms with Gasteiger partial charge in [-0.1, -0.05) is 24.3 Å². The molecule has 6 aromatic heterocycles. The van der Waals surface area contributed by atoms with E-state index in [4.69, 9.17) is 4.98 Å². The number of benzene rings is 1. The van der Waals surface area contributed by atoms with Crippen LogP contribution in [0, 0.1) is 0 Å². The molecular formula is C27H18N8S. The Balaban J connectivity index is 1.29. The van der Waals surface area contributed by atoms with Crippen molar-refractivity contribution in [2.45, 2.75) is 0 Å². The van der Waals surface area contributed by atoms with Gasteiger partial charge in [0.15, 0.2) is 5.82 Å². The molecule has 1 aromatic carbocycles. The molecule has 0 aliphatic carbocycles. The number of aromatic amines is 2. The summed E-state index contributed by atoms with van der Waals surface area (Å²) in [6.45, 7) is 0. The average molecular weight is 487 g/mol. The highest BCUT2D eigenvalue weighted by Gasteiger charge is 2.17. The van der Waals surface area contributed by atoms with Crippen molar-refractivity contribution in [1.82, 2.24) is 35.1 Å². The largest absolute Gasteiger partial charge is 0.354 e. The van der Waals surface area contributed by atoms with Crippen LogP contribution in [0.5, 0.6) is 0 Å². The van der Waals surface area contributed by atoms with Crippen molar-refractivity contribution in [2.24, 2.45) is 0 Å². The lowest BCUT2D eigenvalue weighted by molar-refractivity contribution is 1.10. The van der Waals surface area contributed by atoms with Crippen molar-refractivity contribution in [3.8, 4) is 33.2 Å². The highest BCUT2D eigenvalue weighted by Crippen LogP contribution is 2.33. The predicted molar refractivity (Wildman–Crippen MR) is 143 cm³/mol. The molecule has 0 spiro atoms. The van der Waals surface area contributed by atoms with Crippen molar-refractivity contribution >= 4 is 44.6 Å². The van der Waals surface area contributed by atoms with Gasteiger partial charge in [0, 0.05) is 39.5 Å². The Hall–Kier alpha value is -4.89. The number of rotatable bonds is 5. The van der Waals surface area contributed by atoms with Crippen LogP contribution in [0.1, 0.15) is 0 Å². The summed E-state index contributed by atoms with van der Waals surface area (Å²) in [4.78, 5) is 22.9. The predicted octanol–water partition coefficient (Wildman–Crippen LogP) is 6.43. The normalized spacial score (nSPS) is 11.3. The zero-order valence-electron chi connectivity index (χ0n) is 18.8. The first-order chi connectivity index (χ1) is 17.8. The minimum atomic E-state index is 0.678. The molecule has 0 saturated heterocycles. The van der Waals surface area contributed by atoms with Crippen molar-refractivity contribution in [3.63, 3.8) is 0 Å². The molecule has 7 rings (SSSR count). The third-order valence-electron chi connectivity index (χ3n) is 5.95. The Labute approximate surface area is 209 Å². The van der Waals surface area contributed by atoms with E-state index in [2.05, 4.69) is 46.9 Å². The summed E-state index contributed by atoms with van der Waals surface area (Å²) in [5, 5.41) is 14.0. The fraction of sp³-hybridized carbons (Fsp3) is 0. The summed E-state index contributed by atoms with van der Waals surface area (Å²) in [5.74, 6) is 0.678. The van der Waals surface area contributed by atoms with Gasteiger partial charge in [-0.3, -0.25) is 20.1 Å². The van der Waals surface area contributed by atoms with Crippen LogP contribution in [0.15, 0.2) is 91.0 Å². The third-order valence-corrected chi connectivity index (χ3v) is 6.85. The third kappa shape index (κ3) is 3.58. The van der Waals surface area contributed by atoms with E-state index in [1.54, 1.807) is 29.9 Å². The number of imidazole rings is 1. The number of hydrogen-bond acceptors (Lipinski definition) is 7. The van der Waals surface area contributed by atoms with Crippen LogP contribution >= 0.6 is 11.3 Å². The molecule has 3 N–H and O–H groups in total. The first-order valence-corrected chi connectivity index (χ1v) is 12.2. The average Bonchev–Trinajstić information content (AvgIpc) is 3.68. The van der Waals surface area contributed by atoms with E-state index in [-0.39, 0.29) is 0 Å². The lowest BCUT2D eigenvalue weighted by Crippen LogP contribution is -1.92. The van der Waals surface area contributed by atoms with Crippen LogP contribution in [0.3, 0.4) is 0 Å². The molecule has 0 unspecified atom stereocenters. The maximum absolute atomic E-state index is 4.91. The summed E-state index contributed by atoms with van der Waals surface area (Å²) in [7, 11) is 0. The van der Waals surface area contributed by atoms with Gasteiger partial charge in [-0.05, 0) is 35.7 Å². The second-order valence-electron chi connectivity index (χ2n) is 8.29. The van der Waals surface area contributed by atoms with Gasteiger partial charge in [0.05, 0.1) is 41.0 Å². The van der Waals surface area contributed by atoms with Gasteiger partial charge >= 0.3 is 0 Å². The molecule has 0 bridgehead atoms. The van der Waals surface area contributed by atoms with Crippen LogP contribution in [0.25, 0.3) is 55.2 Å². The summed E-state index contributed by atoms with van der Waals surface area (Å²) in [5.41, 5.74) is 7.89. The maximum atomic E-state index is 4.91. The summed E-state index contributed by atoms with van der Waals surface area (Å²) >= 11 is 1.67. The number of nitrogens with one attached hydrogen (secondary N) is 3. The molecule has 0 radical (unpaired) electrons. The van der Waals surface area contributed by atoms with Crippen LogP contribution in [0.2, 0.25) is 0 Å². The topological polar surface area (TPSA) is 108 Å². The lowest BCUT2D eigenvalue weighted by Gasteiger charge is -2.08. The molecule has 0 aliphatic rings. The van der Waals surface area contributed by atoms with Gasteiger partial charge in [0.25, 0.3) is 0 Å². The molecule has 0 fully saturated rings. The number of thiophene rings is 1. The first-order valence-electron chi connectivity index (χ1n) is 11.3. The minimum Gasteiger partial charge on any atom is -0.354 e. The molecular weight excluding hydrogens is 468 g/mol. The van der Waals surface area contributed by atoms with E-state index in [0.29, 0.717) is 5.82 Å². The van der Waals surface area contributed by atoms with E-state index >= 15 is 0 Å². The molecule has 6 heterocycles. The fourth-order valence-corrected chi connectivity index (χ4v) is 4.99. The Morgan fingerprint density at radius 1 is 0.806 bits per heavy atom. The molecule has 36 heavy (non-hydrogen) atoms. The van der Waals surface area contributed by atoms with Gasteiger partial charge in [-0.15, -0.1) is 11.3 Å². The van der Waals surface area contributed by atoms with Gasteiger partial charge in [-0.2, -0.15) is 5.10 Å². The molecule has 0 amide bonds. The Bertz CT molecular complexity index is 1820. The van der Waals surface area contributed by atoms with E-state index in [1.165, 1.54) is 0 Å². The smallest absolute Gasteiger partial charge is 0.159 e. The zero-order valence-corrected chi connectivity index (χ0v) is 19.6. The molecule has 7 aromatic rings. The monoisotopic (exact) mass is 486 g/mol. The number of fused-ring (bicyclic) bond motifs is 2. The highest BCUT2D eigenvalue weighted by atomic mass is 32.1. The summed E-state index contributed by atoms with van der Waals surface area (Å²) in [6, 6.07) is 18.2. The van der Waals surface area contributed by atoms with Gasteiger partial charge in [0.2, 0.25) is 0 Å². The van der Waals surface area contributed by atoms with Crippen LogP contribution in [0.4, 0.5) is 11.4 Å². The number of pyridine rings is 3. The zero-order chi connectivity index (χ0) is 23.9. The molecule has 0 aliphatic heterocycles. The van der Waals surface area contributed by atoms with E-state index in [0.717, 1.165) is 60.7 Å². The second kappa shape index (κ2) is 8.40. The van der Waals surface area contributed by atoms with E-state index < -0.39 is 0 Å². The van der Waals surface area contributed by atoms with Gasteiger partial charge < -0.3 is 10.3 Å². The van der Waals surface area contributed by atoms with Crippen molar-refractivity contribution in [2.75, 3.05) is 5.32 Å². The van der Waals surface area contributed by atoms with Gasteiger partial charge in [-0.25, -0.2) is 4.98 Å². The standard InChI is InChI=1S/C27H18N8S/c1-2-5-17(6-3-1)31-18-9-16(11-28-12-18)21-10-19-22(15-30-21)34-35-26(19)27-32-23-14-29-13-20(25(23)33-27)24-7-4-8-36-24/h1-15,31H,(H,32,33)(H,34,35). The van der Waals surface area contributed by atoms with Crippen LogP contribution in [-0.2, 0) is 0 Å². The number of para-hydroxylation sites is 1. The SMILES string of the molecule is c1ccc(Nc2cncc(-c3cc4c(-c5nc6c(-c7cccs7)cncc6[nH]5)n[nH]c4cn3)c2)cc1. The molecule has 172 valence electrons. The number of aromatic nitrogens is 7. The Kier molecular flexibility index (Phi) is 4.78. The quantitative estimate of drug-likeness (QED) is 0.259. The minimum absolute atomic E-state index is 0.678. The Morgan fingerprint density at radius 2 is 1.72 bits per heavy atom. The number of anilines is 2. The van der Waals surface area contributed by atoms with Crippen LogP contribution in [-0.4, -0.2) is 35.1 Å². The van der Waals surface area contributed by atoms with E-state index in [1.807, 2.05) is 60.9 Å². The fourth-order valence-electron chi connectivity index (χ4n) is 4.25. The molecule has 0 saturated carbocycles. The summed E-state index contributed by atoms with van der Waals surface area (Å²) in [6.07, 6.45) is 9.05. The van der Waals surface area contributed by atoms with Crippen LogP contribution < -0.4 is 5.32 Å². The number of hydrogen-bond donors (Lipinski definition) is 3. The molecule has 8 nitrogen and oxygen atoms in total. The first kappa shape index (κ1) is 20.5. The van der Waals surface area contributed by atoms with Gasteiger partial charge in [0.1, 0.15) is 11.2 Å². The second-order valence-corrected chi connectivity index (χ2v) is 9.23. The molecule has 9 heteroatoms. The number of H-pyrrole nitrogens is 2. The maximum Gasteiger partial charge on any atom is 0.159 e. The van der Waals surface area contributed by atoms with Crippen molar-refractivity contribution in [1.29, 1.82) is 0 Å². The van der Waals surface area contributed by atoms with E-state index in [9.17, 15) is 0 Å². The molecule has 0 atom stereocenters. The highest BCUT2D eigenvalue weighted by molar-refractivity contribution is 7.13.